The predicted octanol–water partition coefficient (Wildman–Crippen LogP) is 3.37. The summed E-state index contributed by atoms with van der Waals surface area (Å²) in [7, 11) is 0. The lowest BCUT2D eigenvalue weighted by Crippen LogP contribution is -2.11. The summed E-state index contributed by atoms with van der Waals surface area (Å²) >= 11 is 7.57. The van der Waals surface area contributed by atoms with E-state index in [4.69, 9.17) is 21.8 Å². The van der Waals surface area contributed by atoms with Crippen LogP contribution in [0.25, 0.3) is 11.1 Å². The van der Waals surface area contributed by atoms with Gasteiger partial charge in [-0.1, -0.05) is 11.6 Å². The van der Waals surface area contributed by atoms with Crippen LogP contribution in [0.1, 0.15) is 18.4 Å². The fourth-order valence-corrected chi connectivity index (χ4v) is 2.23. The van der Waals surface area contributed by atoms with Crippen molar-refractivity contribution >= 4 is 34.5 Å². The summed E-state index contributed by atoms with van der Waals surface area (Å²) < 4.78 is 18.6. The standard InChI is InChI=1S/C11H12ClFN2OS/c1-17-3-2-8(14)11-15-9-5-6(13)4-7(12)10(9)16-11/h4-5,8H,2-3,14H2,1H3. The Morgan fingerprint density at radius 1 is 1.59 bits per heavy atom. The van der Waals surface area contributed by atoms with Gasteiger partial charge in [-0.25, -0.2) is 9.37 Å². The van der Waals surface area contributed by atoms with Crippen LogP contribution in [0, 0.1) is 5.82 Å². The first-order valence-electron chi connectivity index (χ1n) is 5.12. The molecule has 0 amide bonds. The molecule has 1 unspecified atom stereocenters. The number of hydrogen-bond donors (Lipinski definition) is 1. The van der Waals surface area contributed by atoms with Gasteiger partial charge in [-0.05, 0) is 24.5 Å². The number of oxazole rings is 1. The quantitative estimate of drug-likeness (QED) is 0.929. The van der Waals surface area contributed by atoms with Crippen LogP contribution in [-0.4, -0.2) is 17.0 Å². The van der Waals surface area contributed by atoms with Crippen molar-refractivity contribution in [3.63, 3.8) is 0 Å². The summed E-state index contributed by atoms with van der Waals surface area (Å²) in [4.78, 5) is 4.16. The fraction of sp³-hybridized carbons (Fsp3) is 0.364. The number of nitrogens with zero attached hydrogens (tertiary/aromatic N) is 1. The van der Waals surface area contributed by atoms with Crippen molar-refractivity contribution in [2.45, 2.75) is 12.5 Å². The van der Waals surface area contributed by atoms with E-state index in [0.717, 1.165) is 12.2 Å². The first-order chi connectivity index (χ1) is 8.11. The Bertz CT molecular complexity index is 531. The molecule has 0 saturated carbocycles. The van der Waals surface area contributed by atoms with E-state index in [1.165, 1.54) is 12.1 Å². The molecule has 17 heavy (non-hydrogen) atoms. The Labute approximate surface area is 108 Å². The zero-order valence-electron chi connectivity index (χ0n) is 9.24. The molecule has 1 atom stereocenters. The zero-order chi connectivity index (χ0) is 12.4. The van der Waals surface area contributed by atoms with Crippen LogP contribution < -0.4 is 5.73 Å². The Kier molecular flexibility index (Phi) is 3.91. The summed E-state index contributed by atoms with van der Waals surface area (Å²) in [6.07, 6.45) is 2.76. The van der Waals surface area contributed by atoms with Crippen molar-refractivity contribution in [3.05, 3.63) is 28.9 Å². The van der Waals surface area contributed by atoms with Gasteiger partial charge in [0.05, 0.1) is 11.1 Å². The van der Waals surface area contributed by atoms with E-state index in [1.54, 1.807) is 11.8 Å². The summed E-state index contributed by atoms with van der Waals surface area (Å²) in [6, 6.07) is 2.20. The molecule has 0 bridgehead atoms. The predicted molar refractivity (Wildman–Crippen MR) is 68.9 cm³/mol. The molecule has 92 valence electrons. The van der Waals surface area contributed by atoms with Crippen molar-refractivity contribution < 1.29 is 8.81 Å². The monoisotopic (exact) mass is 274 g/mol. The lowest BCUT2D eigenvalue weighted by Gasteiger charge is -2.04. The lowest BCUT2D eigenvalue weighted by molar-refractivity contribution is 0.470. The second kappa shape index (κ2) is 5.25. The maximum absolute atomic E-state index is 13.1. The largest absolute Gasteiger partial charge is 0.437 e. The summed E-state index contributed by atoms with van der Waals surface area (Å²) in [5.74, 6) is 0.892. The average Bonchev–Trinajstić information content (AvgIpc) is 2.69. The number of thioether (sulfide) groups is 1. The fourth-order valence-electron chi connectivity index (χ4n) is 1.50. The number of fused-ring (bicyclic) bond motifs is 1. The molecule has 0 fully saturated rings. The van der Waals surface area contributed by atoms with E-state index in [1.807, 2.05) is 6.26 Å². The van der Waals surface area contributed by atoms with E-state index in [9.17, 15) is 4.39 Å². The van der Waals surface area contributed by atoms with Crippen molar-refractivity contribution in [2.75, 3.05) is 12.0 Å². The summed E-state index contributed by atoms with van der Waals surface area (Å²) in [5.41, 5.74) is 6.73. The smallest absolute Gasteiger partial charge is 0.212 e. The molecule has 2 N–H and O–H groups in total. The van der Waals surface area contributed by atoms with Gasteiger partial charge in [0.15, 0.2) is 5.58 Å². The third-order valence-corrected chi connectivity index (χ3v) is 3.30. The highest BCUT2D eigenvalue weighted by molar-refractivity contribution is 7.98. The maximum atomic E-state index is 13.1. The minimum atomic E-state index is -0.431. The van der Waals surface area contributed by atoms with Gasteiger partial charge in [-0.3, -0.25) is 0 Å². The van der Waals surface area contributed by atoms with Gasteiger partial charge in [-0.2, -0.15) is 11.8 Å². The van der Waals surface area contributed by atoms with Crippen LogP contribution in [0.15, 0.2) is 16.5 Å². The van der Waals surface area contributed by atoms with Crippen LogP contribution in [0.4, 0.5) is 4.39 Å². The van der Waals surface area contributed by atoms with Crippen molar-refractivity contribution in [1.82, 2.24) is 4.98 Å². The molecular weight excluding hydrogens is 263 g/mol. The minimum Gasteiger partial charge on any atom is -0.437 e. The molecule has 1 aromatic heterocycles. The Morgan fingerprint density at radius 2 is 2.35 bits per heavy atom. The molecule has 1 aromatic carbocycles. The molecule has 0 aliphatic carbocycles. The topological polar surface area (TPSA) is 52.0 Å². The van der Waals surface area contributed by atoms with E-state index in [0.29, 0.717) is 17.0 Å². The molecule has 0 radical (unpaired) electrons. The maximum Gasteiger partial charge on any atom is 0.212 e. The summed E-state index contributed by atoms with van der Waals surface area (Å²) in [6.45, 7) is 0. The highest BCUT2D eigenvalue weighted by atomic mass is 35.5. The minimum absolute atomic E-state index is 0.218. The van der Waals surface area contributed by atoms with Gasteiger partial charge < -0.3 is 10.2 Å². The second-order valence-electron chi connectivity index (χ2n) is 3.68. The van der Waals surface area contributed by atoms with E-state index >= 15 is 0 Å². The number of halogens is 2. The molecule has 6 heteroatoms. The zero-order valence-corrected chi connectivity index (χ0v) is 10.8. The second-order valence-corrected chi connectivity index (χ2v) is 5.07. The SMILES string of the molecule is CSCCC(N)c1nc2cc(F)cc(Cl)c2o1. The molecule has 2 rings (SSSR count). The van der Waals surface area contributed by atoms with E-state index in [2.05, 4.69) is 4.98 Å². The number of benzene rings is 1. The van der Waals surface area contributed by atoms with Crippen LogP contribution in [0.5, 0.6) is 0 Å². The first-order valence-corrected chi connectivity index (χ1v) is 6.89. The van der Waals surface area contributed by atoms with Gasteiger partial charge in [0.2, 0.25) is 5.89 Å². The summed E-state index contributed by atoms with van der Waals surface area (Å²) in [5, 5.41) is 0.218. The van der Waals surface area contributed by atoms with Crippen molar-refractivity contribution in [2.24, 2.45) is 5.73 Å². The van der Waals surface area contributed by atoms with Gasteiger partial charge in [0.25, 0.3) is 0 Å². The third kappa shape index (κ3) is 2.73. The van der Waals surface area contributed by atoms with Gasteiger partial charge in [0, 0.05) is 6.07 Å². The Balaban J connectivity index is 2.34. The number of rotatable bonds is 4. The van der Waals surface area contributed by atoms with Crippen LogP contribution in [0.2, 0.25) is 5.02 Å². The highest BCUT2D eigenvalue weighted by Crippen LogP contribution is 2.28. The van der Waals surface area contributed by atoms with Crippen molar-refractivity contribution in [1.29, 1.82) is 0 Å². The molecule has 0 aliphatic heterocycles. The van der Waals surface area contributed by atoms with Crippen molar-refractivity contribution in [3.8, 4) is 0 Å². The van der Waals surface area contributed by atoms with Gasteiger partial charge >= 0.3 is 0 Å². The average molecular weight is 275 g/mol. The first kappa shape index (κ1) is 12.7. The molecule has 0 saturated heterocycles. The van der Waals surface area contributed by atoms with E-state index < -0.39 is 5.82 Å². The van der Waals surface area contributed by atoms with Gasteiger partial charge in [-0.15, -0.1) is 0 Å². The lowest BCUT2D eigenvalue weighted by atomic mass is 10.2. The third-order valence-electron chi connectivity index (χ3n) is 2.38. The molecule has 1 heterocycles. The normalized spacial score (nSPS) is 13.2. The highest BCUT2D eigenvalue weighted by Gasteiger charge is 2.16. The Morgan fingerprint density at radius 3 is 3.06 bits per heavy atom. The molecule has 3 nitrogen and oxygen atoms in total. The number of nitrogens with two attached hydrogens (primary N) is 1. The van der Waals surface area contributed by atoms with Crippen LogP contribution in [-0.2, 0) is 0 Å². The molecule has 2 aromatic rings. The van der Waals surface area contributed by atoms with Crippen LogP contribution >= 0.6 is 23.4 Å². The molecule has 0 spiro atoms. The number of aromatic nitrogens is 1. The Hall–Kier alpha value is -0.780. The van der Waals surface area contributed by atoms with Crippen LogP contribution in [0.3, 0.4) is 0 Å². The number of hydrogen-bond acceptors (Lipinski definition) is 4. The van der Waals surface area contributed by atoms with Gasteiger partial charge in [0.1, 0.15) is 11.3 Å². The molecule has 0 aliphatic rings. The molecular formula is C11H12ClFN2OS. The van der Waals surface area contributed by atoms with E-state index in [-0.39, 0.29) is 11.1 Å².